The Morgan fingerprint density at radius 3 is 2.19 bits per heavy atom. The normalized spacial score (nSPS) is 13.4. The lowest BCUT2D eigenvalue weighted by Gasteiger charge is -2.21. The first-order chi connectivity index (χ1) is 7.23. The van der Waals surface area contributed by atoms with Crippen LogP contribution in [-0.2, 0) is 10.0 Å². The number of hydrogen-bond donors (Lipinski definition) is 1. The van der Waals surface area contributed by atoms with Crippen LogP contribution in [0.4, 0.5) is 13.2 Å². The first-order valence-electron chi connectivity index (χ1n) is 4.88. The first-order valence-corrected chi connectivity index (χ1v) is 6.49. The van der Waals surface area contributed by atoms with Crippen LogP contribution in [0.1, 0.15) is 19.8 Å². The van der Waals surface area contributed by atoms with Gasteiger partial charge in [-0.3, -0.25) is 0 Å². The van der Waals surface area contributed by atoms with E-state index >= 15 is 0 Å². The van der Waals surface area contributed by atoms with Crippen molar-refractivity contribution in [3.8, 4) is 0 Å². The van der Waals surface area contributed by atoms with Crippen molar-refractivity contribution in [3.63, 3.8) is 0 Å². The van der Waals surface area contributed by atoms with E-state index in [4.69, 9.17) is 5.11 Å². The van der Waals surface area contributed by atoms with Crippen molar-refractivity contribution in [3.05, 3.63) is 0 Å². The van der Waals surface area contributed by atoms with Crippen LogP contribution < -0.4 is 0 Å². The molecule has 0 spiro atoms. The quantitative estimate of drug-likeness (QED) is 0.696. The lowest BCUT2D eigenvalue weighted by atomic mass is 10.4. The summed E-state index contributed by atoms with van der Waals surface area (Å²) >= 11 is 0. The number of sulfonamides is 1. The van der Waals surface area contributed by atoms with Crippen LogP contribution in [-0.4, -0.2) is 49.5 Å². The molecular formula is C8H16F3NO3S. The Labute approximate surface area is 93.1 Å². The van der Waals surface area contributed by atoms with Gasteiger partial charge in [0.05, 0.1) is 5.75 Å². The van der Waals surface area contributed by atoms with Crippen LogP contribution in [0.5, 0.6) is 0 Å². The zero-order chi connectivity index (χ0) is 12.8. The van der Waals surface area contributed by atoms with Gasteiger partial charge in [0.15, 0.2) is 0 Å². The van der Waals surface area contributed by atoms with Crippen molar-refractivity contribution in [2.45, 2.75) is 25.9 Å². The number of aliphatic hydroxyl groups is 1. The number of unbranched alkanes of at least 4 members (excludes halogenated alkanes) is 1. The molecule has 0 aromatic heterocycles. The molecule has 0 aromatic rings. The summed E-state index contributed by atoms with van der Waals surface area (Å²) in [6.45, 7) is -0.470. The molecule has 0 rings (SSSR count). The second kappa shape index (κ2) is 6.41. The van der Waals surface area contributed by atoms with Crippen molar-refractivity contribution in [2.75, 3.05) is 25.4 Å². The second-order valence-corrected chi connectivity index (χ2v) is 5.38. The molecule has 0 unspecified atom stereocenters. The van der Waals surface area contributed by atoms with E-state index in [1.54, 1.807) is 0 Å². The van der Waals surface area contributed by atoms with Crippen LogP contribution in [0, 0.1) is 0 Å². The van der Waals surface area contributed by atoms with Crippen molar-refractivity contribution in [1.82, 2.24) is 4.31 Å². The number of hydrogen-bond acceptors (Lipinski definition) is 3. The standard InChI is InChI=1S/C8H16F3NO3S/c1-2-12(7-8(9,10)11)16(14,15)6-4-3-5-13/h13H,2-7H2,1H3. The molecule has 0 saturated carbocycles. The van der Waals surface area contributed by atoms with Crippen LogP contribution in [0.3, 0.4) is 0 Å². The summed E-state index contributed by atoms with van der Waals surface area (Å²) in [4.78, 5) is 0. The van der Waals surface area contributed by atoms with Gasteiger partial charge in [-0.1, -0.05) is 6.92 Å². The maximum Gasteiger partial charge on any atom is 0.402 e. The van der Waals surface area contributed by atoms with Crippen LogP contribution >= 0.6 is 0 Å². The minimum Gasteiger partial charge on any atom is -0.396 e. The third-order valence-electron chi connectivity index (χ3n) is 1.91. The van der Waals surface area contributed by atoms with E-state index in [9.17, 15) is 21.6 Å². The number of alkyl halides is 3. The van der Waals surface area contributed by atoms with Gasteiger partial charge in [0.2, 0.25) is 10.0 Å². The van der Waals surface area contributed by atoms with Gasteiger partial charge >= 0.3 is 6.18 Å². The molecule has 0 amide bonds. The highest BCUT2D eigenvalue weighted by molar-refractivity contribution is 7.89. The summed E-state index contributed by atoms with van der Waals surface area (Å²) in [5.74, 6) is -0.364. The maximum absolute atomic E-state index is 12.1. The minimum absolute atomic E-state index is 0.160. The molecule has 0 aromatic carbocycles. The Morgan fingerprint density at radius 1 is 1.25 bits per heavy atom. The van der Waals surface area contributed by atoms with Crippen LogP contribution in [0.15, 0.2) is 0 Å². The molecular weight excluding hydrogens is 247 g/mol. The molecule has 8 heteroatoms. The van der Waals surface area contributed by atoms with Crippen molar-refractivity contribution in [1.29, 1.82) is 0 Å². The van der Waals surface area contributed by atoms with E-state index < -0.39 is 22.7 Å². The van der Waals surface area contributed by atoms with E-state index in [0.29, 0.717) is 4.31 Å². The summed E-state index contributed by atoms with van der Waals surface area (Å²) in [6.07, 6.45) is -4.10. The molecule has 0 fully saturated rings. The van der Waals surface area contributed by atoms with Crippen molar-refractivity contribution < 1.29 is 26.7 Å². The first kappa shape index (κ1) is 15.7. The van der Waals surface area contributed by atoms with Gasteiger partial charge in [-0.2, -0.15) is 17.5 Å². The Balaban J connectivity index is 4.44. The highest BCUT2D eigenvalue weighted by atomic mass is 32.2. The second-order valence-electron chi connectivity index (χ2n) is 3.29. The molecule has 0 radical (unpaired) electrons. The highest BCUT2D eigenvalue weighted by Crippen LogP contribution is 2.18. The number of nitrogens with zero attached hydrogens (tertiary/aromatic N) is 1. The summed E-state index contributed by atoms with van der Waals surface area (Å²) in [5, 5.41) is 8.46. The average molecular weight is 263 g/mol. The summed E-state index contributed by atoms with van der Waals surface area (Å²) < 4.78 is 59.5. The lowest BCUT2D eigenvalue weighted by Crippen LogP contribution is -2.40. The Hall–Kier alpha value is -0.340. The molecule has 0 atom stereocenters. The molecule has 1 N–H and O–H groups in total. The van der Waals surface area contributed by atoms with E-state index in [2.05, 4.69) is 0 Å². The summed E-state index contributed by atoms with van der Waals surface area (Å²) in [5.41, 5.74) is 0. The number of rotatable bonds is 7. The molecule has 0 aliphatic heterocycles. The van der Waals surface area contributed by atoms with Gasteiger partial charge in [-0.15, -0.1) is 0 Å². The smallest absolute Gasteiger partial charge is 0.396 e. The van der Waals surface area contributed by atoms with E-state index in [1.165, 1.54) is 6.92 Å². The highest BCUT2D eigenvalue weighted by Gasteiger charge is 2.35. The fraction of sp³-hybridized carbons (Fsp3) is 1.00. The zero-order valence-electron chi connectivity index (χ0n) is 9.00. The van der Waals surface area contributed by atoms with Gasteiger partial charge in [0.1, 0.15) is 6.54 Å². The van der Waals surface area contributed by atoms with Crippen LogP contribution in [0.25, 0.3) is 0 Å². The van der Waals surface area contributed by atoms with Crippen molar-refractivity contribution in [2.24, 2.45) is 0 Å². The molecule has 0 heterocycles. The van der Waals surface area contributed by atoms with E-state index in [-0.39, 0.29) is 31.7 Å². The van der Waals surface area contributed by atoms with Gasteiger partial charge < -0.3 is 5.11 Å². The lowest BCUT2D eigenvalue weighted by molar-refractivity contribution is -0.135. The predicted octanol–water partition coefficient (Wildman–Crippen LogP) is 0.973. The average Bonchev–Trinajstić information content (AvgIpc) is 2.13. The number of aliphatic hydroxyl groups excluding tert-OH is 1. The molecule has 98 valence electrons. The van der Waals surface area contributed by atoms with Crippen molar-refractivity contribution >= 4 is 10.0 Å². The Bertz CT molecular complexity index is 289. The molecule has 16 heavy (non-hydrogen) atoms. The molecule has 0 aliphatic carbocycles. The molecule has 0 aliphatic rings. The van der Waals surface area contributed by atoms with Gasteiger partial charge in [0, 0.05) is 13.2 Å². The van der Waals surface area contributed by atoms with Gasteiger partial charge in [-0.25, -0.2) is 8.42 Å². The fourth-order valence-electron chi connectivity index (χ4n) is 1.13. The third-order valence-corrected chi connectivity index (χ3v) is 3.89. The largest absolute Gasteiger partial charge is 0.402 e. The SMILES string of the molecule is CCN(CC(F)(F)F)S(=O)(=O)CCCCO. The van der Waals surface area contributed by atoms with E-state index in [0.717, 1.165) is 0 Å². The zero-order valence-corrected chi connectivity index (χ0v) is 9.81. The topological polar surface area (TPSA) is 57.6 Å². The monoisotopic (exact) mass is 263 g/mol. The summed E-state index contributed by atoms with van der Waals surface area (Å²) in [7, 11) is -3.88. The minimum atomic E-state index is -4.53. The van der Waals surface area contributed by atoms with Gasteiger partial charge in [0.25, 0.3) is 0 Å². The molecule has 0 saturated heterocycles. The third kappa shape index (κ3) is 6.29. The Morgan fingerprint density at radius 2 is 1.81 bits per heavy atom. The summed E-state index contributed by atoms with van der Waals surface area (Å²) in [6, 6.07) is 0. The molecule has 4 nitrogen and oxygen atoms in total. The maximum atomic E-state index is 12.1. The van der Waals surface area contributed by atoms with E-state index in [1.807, 2.05) is 0 Å². The fourth-order valence-corrected chi connectivity index (χ4v) is 2.70. The predicted molar refractivity (Wildman–Crippen MR) is 53.4 cm³/mol. The van der Waals surface area contributed by atoms with Gasteiger partial charge in [-0.05, 0) is 12.8 Å². The molecule has 0 bridgehead atoms. The Kier molecular flexibility index (Phi) is 6.27. The number of halogens is 3. The van der Waals surface area contributed by atoms with Crippen LogP contribution in [0.2, 0.25) is 0 Å².